The highest BCUT2D eigenvalue weighted by atomic mass is 35.5. The zero-order valence-corrected chi connectivity index (χ0v) is 13.4. The molecule has 0 saturated carbocycles. The molecule has 0 aliphatic heterocycles. The molecule has 0 fully saturated rings. The summed E-state index contributed by atoms with van der Waals surface area (Å²) in [5.74, 6) is 0.114. The number of hydrogen-bond donors (Lipinski definition) is 0. The van der Waals surface area contributed by atoms with Crippen LogP contribution in [0.5, 0.6) is 0 Å². The molecule has 2 aromatic carbocycles. The van der Waals surface area contributed by atoms with E-state index in [2.05, 4.69) is 24.0 Å². The molecule has 2 rings (SSSR count). The highest BCUT2D eigenvalue weighted by molar-refractivity contribution is 6.30. The number of Topliss-reactive ketones (excluding diaryl/α,β-unsaturated/α-hetero) is 1. The van der Waals surface area contributed by atoms with E-state index in [-0.39, 0.29) is 11.8 Å². The van der Waals surface area contributed by atoms with E-state index in [0.29, 0.717) is 10.6 Å². The maximum Gasteiger partial charge on any atom is 0.179 e. The summed E-state index contributed by atoms with van der Waals surface area (Å²) in [6.45, 7) is 4.79. The molecule has 0 bridgehead atoms. The lowest BCUT2D eigenvalue weighted by Gasteiger charge is -2.24. The van der Waals surface area contributed by atoms with Crippen molar-refractivity contribution in [2.45, 2.75) is 26.4 Å². The minimum atomic E-state index is -0.175. The third-order valence-electron chi connectivity index (χ3n) is 3.85. The number of ketones is 1. The molecule has 0 N–H and O–H groups in total. The van der Waals surface area contributed by atoms with Gasteiger partial charge in [0, 0.05) is 17.1 Å². The predicted molar refractivity (Wildman–Crippen MR) is 87.9 cm³/mol. The van der Waals surface area contributed by atoms with Gasteiger partial charge in [0.1, 0.15) is 0 Å². The van der Waals surface area contributed by atoms with E-state index in [1.807, 2.05) is 26.1 Å². The van der Waals surface area contributed by atoms with Crippen molar-refractivity contribution in [3.63, 3.8) is 0 Å². The fourth-order valence-electron chi connectivity index (χ4n) is 2.25. The maximum atomic E-state index is 12.5. The first-order chi connectivity index (χ1) is 9.99. The van der Waals surface area contributed by atoms with Crippen LogP contribution in [0.3, 0.4) is 0 Å². The van der Waals surface area contributed by atoms with Gasteiger partial charge in [-0.15, -0.1) is 0 Å². The summed E-state index contributed by atoms with van der Waals surface area (Å²) in [6, 6.07) is 15.1. The van der Waals surface area contributed by atoms with Gasteiger partial charge in [-0.1, -0.05) is 35.9 Å². The Hall–Kier alpha value is -1.64. The van der Waals surface area contributed by atoms with Crippen molar-refractivity contribution >= 4 is 17.4 Å². The highest BCUT2D eigenvalue weighted by Crippen LogP contribution is 2.15. The van der Waals surface area contributed by atoms with Crippen LogP contribution in [0.25, 0.3) is 0 Å². The smallest absolute Gasteiger partial charge is 0.179 e. The predicted octanol–water partition coefficient (Wildman–Crippen LogP) is 4.35. The van der Waals surface area contributed by atoms with Gasteiger partial charge in [-0.3, -0.25) is 9.69 Å². The second-order valence-electron chi connectivity index (χ2n) is 5.39. The van der Waals surface area contributed by atoms with Gasteiger partial charge in [-0.05, 0) is 56.3 Å². The standard InChI is InChI=1S/C18H20ClNO/c1-13-6-4-5-7-16(13)12-20(3)14(2)18(21)15-8-10-17(19)11-9-15/h4-11,14H,12H2,1-3H3. The number of rotatable bonds is 5. The van der Waals surface area contributed by atoms with Gasteiger partial charge in [-0.25, -0.2) is 0 Å². The van der Waals surface area contributed by atoms with Crippen molar-refractivity contribution in [3.8, 4) is 0 Å². The van der Waals surface area contributed by atoms with Crippen molar-refractivity contribution in [1.29, 1.82) is 0 Å². The molecular weight excluding hydrogens is 282 g/mol. The number of carbonyl (C=O) groups is 1. The number of likely N-dealkylation sites (N-methyl/N-ethyl adjacent to an activating group) is 1. The quantitative estimate of drug-likeness (QED) is 0.765. The second-order valence-corrected chi connectivity index (χ2v) is 5.83. The number of benzene rings is 2. The van der Waals surface area contributed by atoms with Crippen LogP contribution in [0.2, 0.25) is 5.02 Å². The molecule has 0 radical (unpaired) electrons. The Labute approximate surface area is 131 Å². The van der Waals surface area contributed by atoms with Crippen LogP contribution in [0.1, 0.15) is 28.4 Å². The Bertz CT molecular complexity index is 621. The summed E-state index contributed by atoms with van der Waals surface area (Å²) in [4.78, 5) is 14.6. The third kappa shape index (κ3) is 3.93. The summed E-state index contributed by atoms with van der Waals surface area (Å²) in [5, 5.41) is 0.646. The fourth-order valence-corrected chi connectivity index (χ4v) is 2.37. The van der Waals surface area contributed by atoms with Crippen LogP contribution in [-0.2, 0) is 6.54 Å². The molecule has 1 atom stereocenters. The normalized spacial score (nSPS) is 12.4. The number of aryl methyl sites for hydroxylation is 1. The van der Waals surface area contributed by atoms with E-state index in [1.165, 1.54) is 11.1 Å². The van der Waals surface area contributed by atoms with Crippen LogP contribution in [0, 0.1) is 6.92 Å². The summed E-state index contributed by atoms with van der Waals surface area (Å²) < 4.78 is 0. The maximum absolute atomic E-state index is 12.5. The molecule has 0 saturated heterocycles. The average Bonchev–Trinajstić information content (AvgIpc) is 2.49. The zero-order valence-electron chi connectivity index (χ0n) is 12.6. The Morgan fingerprint density at radius 2 is 1.76 bits per heavy atom. The van der Waals surface area contributed by atoms with Gasteiger partial charge in [0.2, 0.25) is 0 Å². The summed E-state index contributed by atoms with van der Waals surface area (Å²) in [6.07, 6.45) is 0. The minimum absolute atomic E-state index is 0.114. The lowest BCUT2D eigenvalue weighted by atomic mass is 10.0. The molecule has 0 aliphatic rings. The Morgan fingerprint density at radius 1 is 1.14 bits per heavy atom. The van der Waals surface area contributed by atoms with Crippen LogP contribution in [0.4, 0.5) is 0 Å². The third-order valence-corrected chi connectivity index (χ3v) is 4.10. The van der Waals surface area contributed by atoms with Crippen molar-refractivity contribution < 1.29 is 4.79 Å². The van der Waals surface area contributed by atoms with Crippen molar-refractivity contribution in [3.05, 3.63) is 70.2 Å². The summed E-state index contributed by atoms with van der Waals surface area (Å²) in [5.41, 5.74) is 3.19. The second kappa shape index (κ2) is 6.88. The van der Waals surface area contributed by atoms with E-state index in [9.17, 15) is 4.79 Å². The Morgan fingerprint density at radius 3 is 2.38 bits per heavy atom. The van der Waals surface area contributed by atoms with E-state index in [4.69, 9.17) is 11.6 Å². The van der Waals surface area contributed by atoms with Crippen LogP contribution >= 0.6 is 11.6 Å². The van der Waals surface area contributed by atoms with Crippen molar-refractivity contribution in [2.24, 2.45) is 0 Å². The van der Waals surface area contributed by atoms with Crippen molar-refractivity contribution in [1.82, 2.24) is 4.90 Å². The summed E-state index contributed by atoms with van der Waals surface area (Å²) >= 11 is 5.86. The minimum Gasteiger partial charge on any atom is -0.292 e. The lowest BCUT2D eigenvalue weighted by molar-refractivity contribution is 0.0862. The molecule has 21 heavy (non-hydrogen) atoms. The number of hydrogen-bond acceptors (Lipinski definition) is 2. The van der Waals surface area contributed by atoms with Crippen LogP contribution in [0.15, 0.2) is 48.5 Å². The van der Waals surface area contributed by atoms with E-state index >= 15 is 0 Å². The number of halogens is 1. The van der Waals surface area contributed by atoms with Gasteiger partial charge in [0.15, 0.2) is 5.78 Å². The molecule has 2 nitrogen and oxygen atoms in total. The highest BCUT2D eigenvalue weighted by Gasteiger charge is 2.20. The summed E-state index contributed by atoms with van der Waals surface area (Å²) in [7, 11) is 1.98. The van der Waals surface area contributed by atoms with Crippen molar-refractivity contribution in [2.75, 3.05) is 7.05 Å². The van der Waals surface area contributed by atoms with Crippen LogP contribution < -0.4 is 0 Å². The largest absolute Gasteiger partial charge is 0.292 e. The molecule has 1 unspecified atom stereocenters. The molecular formula is C18H20ClNO. The van der Waals surface area contributed by atoms with Crippen LogP contribution in [-0.4, -0.2) is 23.8 Å². The SMILES string of the molecule is Cc1ccccc1CN(C)C(C)C(=O)c1ccc(Cl)cc1. The molecule has 2 aromatic rings. The van der Waals surface area contributed by atoms with Gasteiger partial charge in [0.25, 0.3) is 0 Å². The monoisotopic (exact) mass is 301 g/mol. The Balaban J connectivity index is 2.08. The molecule has 0 spiro atoms. The van der Waals surface area contributed by atoms with Gasteiger partial charge < -0.3 is 0 Å². The Kier molecular flexibility index (Phi) is 5.16. The molecule has 3 heteroatoms. The van der Waals surface area contributed by atoms with E-state index < -0.39 is 0 Å². The lowest BCUT2D eigenvalue weighted by Crippen LogP contribution is -2.35. The molecule has 0 amide bonds. The van der Waals surface area contributed by atoms with Gasteiger partial charge in [-0.2, -0.15) is 0 Å². The van der Waals surface area contributed by atoms with Gasteiger partial charge >= 0.3 is 0 Å². The number of nitrogens with zero attached hydrogens (tertiary/aromatic N) is 1. The molecule has 0 heterocycles. The van der Waals surface area contributed by atoms with E-state index in [1.54, 1.807) is 24.3 Å². The van der Waals surface area contributed by atoms with E-state index in [0.717, 1.165) is 6.54 Å². The molecule has 0 aromatic heterocycles. The fraction of sp³-hybridized carbons (Fsp3) is 0.278. The zero-order chi connectivity index (χ0) is 15.4. The number of carbonyl (C=O) groups excluding carboxylic acids is 1. The molecule has 0 aliphatic carbocycles. The topological polar surface area (TPSA) is 20.3 Å². The molecule has 110 valence electrons. The van der Waals surface area contributed by atoms with Gasteiger partial charge in [0.05, 0.1) is 6.04 Å². The first-order valence-corrected chi connectivity index (χ1v) is 7.41. The average molecular weight is 302 g/mol. The first kappa shape index (κ1) is 15.7. The first-order valence-electron chi connectivity index (χ1n) is 7.03.